The number of nitrogens with zero attached hydrogens (tertiary/aromatic N) is 2. The maximum atomic E-state index is 11.8. The predicted octanol–water partition coefficient (Wildman–Crippen LogP) is 0.962. The molecule has 0 amide bonds. The minimum Gasteiger partial charge on any atom is -0.496 e. The van der Waals surface area contributed by atoms with E-state index in [1.54, 1.807) is 13.0 Å². The zero-order chi connectivity index (χ0) is 14.0. The number of aryl methyl sites for hydroxylation is 1. The monoisotopic (exact) mass is 283 g/mol. The number of benzene rings is 1. The zero-order valence-electron chi connectivity index (χ0n) is 10.7. The van der Waals surface area contributed by atoms with E-state index in [-0.39, 0.29) is 10.7 Å². The summed E-state index contributed by atoms with van der Waals surface area (Å²) in [7, 11) is -0.709. The molecule has 0 unspecified atom stereocenters. The van der Waals surface area contributed by atoms with Gasteiger partial charge in [-0.05, 0) is 25.2 Å². The Morgan fingerprint density at radius 3 is 2.63 bits per heavy atom. The minimum atomic E-state index is -3.54. The van der Waals surface area contributed by atoms with E-state index in [1.165, 1.54) is 26.3 Å². The number of nitrogens with one attached hydrogen (secondary N) is 1. The summed E-state index contributed by atoms with van der Waals surface area (Å²) in [6.07, 6.45) is 0. The van der Waals surface area contributed by atoms with Crippen molar-refractivity contribution in [2.45, 2.75) is 11.8 Å². The van der Waals surface area contributed by atoms with Crippen molar-refractivity contribution in [3.8, 4) is 17.1 Å². The zero-order valence-corrected chi connectivity index (χ0v) is 11.5. The Kier molecular flexibility index (Phi) is 3.54. The van der Waals surface area contributed by atoms with E-state index in [0.29, 0.717) is 17.2 Å². The third kappa shape index (κ3) is 2.59. The Balaban J connectivity index is 2.61. The van der Waals surface area contributed by atoms with Gasteiger partial charge in [-0.2, -0.15) is 4.98 Å². The molecule has 0 spiro atoms. The van der Waals surface area contributed by atoms with Gasteiger partial charge in [0, 0.05) is 6.92 Å². The molecule has 0 saturated heterocycles. The van der Waals surface area contributed by atoms with Crippen LogP contribution in [0.3, 0.4) is 0 Å². The summed E-state index contributed by atoms with van der Waals surface area (Å²) in [6, 6.07) is 4.43. The summed E-state index contributed by atoms with van der Waals surface area (Å²) in [5.74, 6) is 1.14. The second-order valence-electron chi connectivity index (χ2n) is 3.71. The maximum absolute atomic E-state index is 11.8. The van der Waals surface area contributed by atoms with Crippen LogP contribution < -0.4 is 9.46 Å². The molecule has 8 heteroatoms. The number of ether oxygens (including phenoxy) is 1. The number of methoxy groups -OCH3 is 1. The standard InChI is InChI=1S/C11H13N3O4S/c1-7-13-11(14-18-7)9-6-8(19(15,16)12-2)4-5-10(9)17-3/h4-6,12H,1-3H3. The lowest BCUT2D eigenvalue weighted by Crippen LogP contribution is -2.18. The maximum Gasteiger partial charge on any atom is 0.240 e. The highest BCUT2D eigenvalue weighted by molar-refractivity contribution is 7.89. The fourth-order valence-corrected chi connectivity index (χ4v) is 2.31. The SMILES string of the molecule is CNS(=O)(=O)c1ccc(OC)c(-c2noc(C)n2)c1. The summed E-state index contributed by atoms with van der Waals surface area (Å²) in [5, 5.41) is 3.76. The largest absolute Gasteiger partial charge is 0.496 e. The smallest absolute Gasteiger partial charge is 0.240 e. The van der Waals surface area contributed by atoms with E-state index >= 15 is 0 Å². The van der Waals surface area contributed by atoms with Gasteiger partial charge in [0.05, 0.1) is 17.6 Å². The average molecular weight is 283 g/mol. The normalized spacial score (nSPS) is 11.5. The second-order valence-corrected chi connectivity index (χ2v) is 5.59. The van der Waals surface area contributed by atoms with Gasteiger partial charge in [-0.15, -0.1) is 0 Å². The van der Waals surface area contributed by atoms with Crippen molar-refractivity contribution in [1.82, 2.24) is 14.9 Å². The molecule has 1 aromatic carbocycles. The Hall–Kier alpha value is -1.93. The molecule has 102 valence electrons. The van der Waals surface area contributed by atoms with Crippen molar-refractivity contribution in [2.75, 3.05) is 14.2 Å². The molecule has 0 atom stereocenters. The topological polar surface area (TPSA) is 94.3 Å². The molecule has 0 fully saturated rings. The van der Waals surface area contributed by atoms with Gasteiger partial charge >= 0.3 is 0 Å². The number of sulfonamides is 1. The molecule has 1 aromatic heterocycles. The highest BCUT2D eigenvalue weighted by Gasteiger charge is 2.18. The van der Waals surface area contributed by atoms with Crippen LogP contribution in [0.15, 0.2) is 27.6 Å². The van der Waals surface area contributed by atoms with Crippen molar-refractivity contribution < 1.29 is 17.7 Å². The van der Waals surface area contributed by atoms with E-state index in [4.69, 9.17) is 9.26 Å². The van der Waals surface area contributed by atoms with Gasteiger partial charge in [0.25, 0.3) is 0 Å². The van der Waals surface area contributed by atoms with Gasteiger partial charge in [0.15, 0.2) is 0 Å². The summed E-state index contributed by atoms with van der Waals surface area (Å²) in [6.45, 7) is 1.65. The summed E-state index contributed by atoms with van der Waals surface area (Å²) < 4.78 is 35.9. The molecule has 0 aliphatic rings. The fraction of sp³-hybridized carbons (Fsp3) is 0.273. The van der Waals surface area contributed by atoms with Crippen molar-refractivity contribution in [3.63, 3.8) is 0 Å². The number of hydrogen-bond donors (Lipinski definition) is 1. The van der Waals surface area contributed by atoms with Crippen LogP contribution in [0.4, 0.5) is 0 Å². The van der Waals surface area contributed by atoms with E-state index < -0.39 is 10.0 Å². The lowest BCUT2D eigenvalue weighted by atomic mass is 10.2. The predicted molar refractivity (Wildman–Crippen MR) is 67.3 cm³/mol. The molecule has 1 N–H and O–H groups in total. The lowest BCUT2D eigenvalue weighted by Gasteiger charge is -2.08. The molecule has 2 aromatic rings. The minimum absolute atomic E-state index is 0.105. The first-order chi connectivity index (χ1) is 8.97. The van der Waals surface area contributed by atoms with Crippen LogP contribution in [0.1, 0.15) is 5.89 Å². The van der Waals surface area contributed by atoms with Crippen LogP contribution in [0.2, 0.25) is 0 Å². The van der Waals surface area contributed by atoms with Crippen molar-refractivity contribution in [2.24, 2.45) is 0 Å². The first kappa shape index (κ1) is 13.5. The fourth-order valence-electron chi connectivity index (χ4n) is 1.56. The van der Waals surface area contributed by atoms with Crippen LogP contribution in [0.5, 0.6) is 5.75 Å². The van der Waals surface area contributed by atoms with Crippen molar-refractivity contribution in [3.05, 3.63) is 24.1 Å². The van der Waals surface area contributed by atoms with Gasteiger partial charge in [-0.3, -0.25) is 0 Å². The van der Waals surface area contributed by atoms with Crippen LogP contribution in [-0.4, -0.2) is 32.7 Å². The molecular formula is C11H13N3O4S. The summed E-state index contributed by atoms with van der Waals surface area (Å²) >= 11 is 0. The highest BCUT2D eigenvalue weighted by atomic mass is 32.2. The van der Waals surface area contributed by atoms with Gasteiger partial charge in [0.1, 0.15) is 5.75 Å². The molecule has 1 heterocycles. The van der Waals surface area contributed by atoms with Crippen molar-refractivity contribution in [1.29, 1.82) is 0 Å². The van der Waals surface area contributed by atoms with Gasteiger partial charge < -0.3 is 9.26 Å². The first-order valence-electron chi connectivity index (χ1n) is 5.40. The van der Waals surface area contributed by atoms with Gasteiger partial charge in [-0.25, -0.2) is 13.1 Å². The molecule has 7 nitrogen and oxygen atoms in total. The highest BCUT2D eigenvalue weighted by Crippen LogP contribution is 2.30. The molecule has 0 saturated carbocycles. The van der Waals surface area contributed by atoms with E-state index in [9.17, 15) is 8.42 Å². The summed E-state index contributed by atoms with van der Waals surface area (Å²) in [4.78, 5) is 4.17. The number of aromatic nitrogens is 2. The Morgan fingerprint density at radius 2 is 2.11 bits per heavy atom. The second kappa shape index (κ2) is 4.98. The van der Waals surface area contributed by atoms with Gasteiger partial charge in [-0.1, -0.05) is 5.16 Å². The molecular weight excluding hydrogens is 270 g/mol. The molecule has 2 rings (SSSR count). The van der Waals surface area contributed by atoms with Crippen LogP contribution in [0.25, 0.3) is 11.4 Å². The molecule has 0 aliphatic carbocycles. The molecule has 0 radical (unpaired) electrons. The molecule has 0 aliphatic heterocycles. The Morgan fingerprint density at radius 1 is 1.37 bits per heavy atom. The lowest BCUT2D eigenvalue weighted by molar-refractivity contribution is 0.392. The Labute approximate surface area is 110 Å². The van der Waals surface area contributed by atoms with E-state index in [2.05, 4.69) is 14.9 Å². The van der Waals surface area contributed by atoms with Crippen LogP contribution >= 0.6 is 0 Å². The summed E-state index contributed by atoms with van der Waals surface area (Å²) in [5.41, 5.74) is 0.454. The molecule has 0 bridgehead atoms. The number of hydrogen-bond acceptors (Lipinski definition) is 6. The van der Waals surface area contributed by atoms with E-state index in [1.807, 2.05) is 0 Å². The van der Waals surface area contributed by atoms with E-state index in [0.717, 1.165) is 0 Å². The number of rotatable bonds is 4. The third-order valence-electron chi connectivity index (χ3n) is 2.52. The quantitative estimate of drug-likeness (QED) is 0.898. The van der Waals surface area contributed by atoms with Crippen molar-refractivity contribution >= 4 is 10.0 Å². The average Bonchev–Trinajstić information content (AvgIpc) is 2.84. The van der Waals surface area contributed by atoms with Crippen LogP contribution in [0, 0.1) is 6.92 Å². The van der Waals surface area contributed by atoms with Crippen LogP contribution in [-0.2, 0) is 10.0 Å². The first-order valence-corrected chi connectivity index (χ1v) is 6.88. The van der Waals surface area contributed by atoms with Gasteiger partial charge in [0.2, 0.25) is 21.7 Å². The third-order valence-corrected chi connectivity index (χ3v) is 3.93. The molecule has 19 heavy (non-hydrogen) atoms. The Bertz CT molecular complexity index is 694.